The van der Waals surface area contributed by atoms with Crippen molar-refractivity contribution < 1.29 is 18.7 Å². The van der Waals surface area contributed by atoms with Crippen LogP contribution in [0.15, 0.2) is 53.7 Å². The van der Waals surface area contributed by atoms with E-state index in [1.54, 1.807) is 24.3 Å². The Morgan fingerprint density at radius 1 is 1.19 bits per heavy atom. The first-order chi connectivity index (χ1) is 13.1. The molecule has 0 bridgehead atoms. The Labute approximate surface area is 157 Å². The molecular formula is C17H14FN5O3S. The van der Waals surface area contributed by atoms with Crippen molar-refractivity contribution in [3.8, 4) is 5.69 Å². The molecule has 8 nitrogen and oxygen atoms in total. The summed E-state index contributed by atoms with van der Waals surface area (Å²) >= 11 is 1.10. The highest BCUT2D eigenvalue weighted by atomic mass is 32.2. The highest BCUT2D eigenvalue weighted by molar-refractivity contribution is 7.99. The van der Waals surface area contributed by atoms with Gasteiger partial charge in [-0.1, -0.05) is 23.9 Å². The zero-order chi connectivity index (χ0) is 19.2. The van der Waals surface area contributed by atoms with Gasteiger partial charge in [0.1, 0.15) is 5.82 Å². The SMILES string of the molecule is COC(=O)c1ccccc1NC(=O)CSc1nnnn1-c1ccc(F)cc1. The summed E-state index contributed by atoms with van der Waals surface area (Å²) < 4.78 is 19.2. The fraction of sp³-hybridized carbons (Fsp3) is 0.118. The molecule has 0 saturated heterocycles. The Morgan fingerprint density at radius 2 is 1.93 bits per heavy atom. The van der Waals surface area contributed by atoms with Crippen molar-refractivity contribution in [2.75, 3.05) is 18.2 Å². The lowest BCUT2D eigenvalue weighted by molar-refractivity contribution is -0.113. The lowest BCUT2D eigenvalue weighted by atomic mass is 10.2. The number of aromatic nitrogens is 4. The first-order valence-corrected chi connectivity index (χ1v) is 8.71. The van der Waals surface area contributed by atoms with E-state index in [0.29, 0.717) is 16.5 Å². The van der Waals surface area contributed by atoms with Crippen molar-refractivity contribution in [3.05, 3.63) is 59.9 Å². The molecule has 1 aromatic heterocycles. The summed E-state index contributed by atoms with van der Waals surface area (Å²) in [5.74, 6) is -1.25. The summed E-state index contributed by atoms with van der Waals surface area (Å²) in [5.41, 5.74) is 1.18. The molecule has 0 aliphatic rings. The maximum absolute atomic E-state index is 13.1. The van der Waals surface area contributed by atoms with Crippen LogP contribution in [0.5, 0.6) is 0 Å². The van der Waals surface area contributed by atoms with Crippen molar-refractivity contribution in [1.29, 1.82) is 0 Å². The molecule has 10 heteroatoms. The van der Waals surface area contributed by atoms with Gasteiger partial charge in [-0.2, -0.15) is 4.68 Å². The van der Waals surface area contributed by atoms with Gasteiger partial charge < -0.3 is 10.1 Å². The molecule has 1 heterocycles. The number of nitrogens with one attached hydrogen (secondary N) is 1. The van der Waals surface area contributed by atoms with E-state index in [1.807, 2.05) is 0 Å². The number of carbonyl (C=O) groups is 2. The van der Waals surface area contributed by atoms with Crippen LogP contribution in [0.25, 0.3) is 5.69 Å². The molecule has 0 atom stereocenters. The van der Waals surface area contributed by atoms with E-state index in [2.05, 4.69) is 20.8 Å². The molecule has 27 heavy (non-hydrogen) atoms. The quantitative estimate of drug-likeness (QED) is 0.512. The number of halogens is 1. The third-order valence-corrected chi connectivity index (χ3v) is 4.37. The van der Waals surface area contributed by atoms with Gasteiger partial charge in [0, 0.05) is 0 Å². The average Bonchev–Trinajstić information content (AvgIpc) is 3.15. The van der Waals surface area contributed by atoms with Crippen LogP contribution in [-0.2, 0) is 9.53 Å². The number of methoxy groups -OCH3 is 1. The molecule has 138 valence electrons. The van der Waals surface area contributed by atoms with Gasteiger partial charge >= 0.3 is 5.97 Å². The van der Waals surface area contributed by atoms with Crippen LogP contribution in [0.3, 0.4) is 0 Å². The molecule has 0 unspecified atom stereocenters. The zero-order valence-electron chi connectivity index (χ0n) is 14.1. The molecular weight excluding hydrogens is 373 g/mol. The number of carbonyl (C=O) groups excluding carboxylic acids is 2. The summed E-state index contributed by atoms with van der Waals surface area (Å²) in [6, 6.07) is 12.2. The van der Waals surface area contributed by atoms with Crippen molar-refractivity contribution in [1.82, 2.24) is 20.2 Å². The second kappa shape index (κ2) is 8.41. The first kappa shape index (κ1) is 18.5. The lowest BCUT2D eigenvalue weighted by Gasteiger charge is -2.09. The number of benzene rings is 2. The van der Waals surface area contributed by atoms with Crippen molar-refractivity contribution in [2.24, 2.45) is 0 Å². The number of amides is 1. The highest BCUT2D eigenvalue weighted by Crippen LogP contribution is 2.20. The molecule has 1 amide bonds. The normalized spacial score (nSPS) is 10.4. The zero-order valence-corrected chi connectivity index (χ0v) is 14.9. The fourth-order valence-electron chi connectivity index (χ4n) is 2.21. The molecule has 0 radical (unpaired) electrons. The van der Waals surface area contributed by atoms with Crippen LogP contribution in [0.1, 0.15) is 10.4 Å². The number of para-hydroxylation sites is 1. The molecule has 0 spiro atoms. The molecule has 3 rings (SSSR count). The topological polar surface area (TPSA) is 99.0 Å². The molecule has 0 fully saturated rings. The first-order valence-electron chi connectivity index (χ1n) is 7.73. The van der Waals surface area contributed by atoms with Gasteiger partial charge in [0.15, 0.2) is 0 Å². The lowest BCUT2D eigenvalue weighted by Crippen LogP contribution is -2.17. The third-order valence-electron chi connectivity index (χ3n) is 3.45. The van der Waals surface area contributed by atoms with Gasteiger partial charge in [-0.15, -0.1) is 5.10 Å². The largest absolute Gasteiger partial charge is 0.465 e. The van der Waals surface area contributed by atoms with E-state index >= 15 is 0 Å². The molecule has 0 aliphatic heterocycles. The van der Waals surface area contributed by atoms with E-state index < -0.39 is 5.97 Å². The number of anilines is 1. The van der Waals surface area contributed by atoms with Crippen LogP contribution in [0.2, 0.25) is 0 Å². The molecule has 0 saturated carbocycles. The van der Waals surface area contributed by atoms with Crippen LogP contribution in [-0.4, -0.2) is 44.9 Å². The maximum Gasteiger partial charge on any atom is 0.339 e. The van der Waals surface area contributed by atoms with Gasteiger partial charge in [-0.25, -0.2) is 9.18 Å². The number of hydrogen-bond acceptors (Lipinski definition) is 7. The van der Waals surface area contributed by atoms with E-state index in [0.717, 1.165) is 11.8 Å². The van der Waals surface area contributed by atoms with Gasteiger partial charge in [-0.3, -0.25) is 4.79 Å². The fourth-order valence-corrected chi connectivity index (χ4v) is 2.90. The third kappa shape index (κ3) is 4.47. The van der Waals surface area contributed by atoms with Gasteiger partial charge in [0.2, 0.25) is 11.1 Å². The summed E-state index contributed by atoms with van der Waals surface area (Å²) in [6.07, 6.45) is 0. The summed E-state index contributed by atoms with van der Waals surface area (Å²) in [7, 11) is 1.27. The van der Waals surface area contributed by atoms with Gasteiger partial charge in [-0.05, 0) is 46.8 Å². The minimum atomic E-state index is -0.543. The second-order valence-corrected chi connectivity index (χ2v) is 6.17. The number of hydrogen-bond donors (Lipinski definition) is 1. The number of nitrogens with zero attached hydrogens (tertiary/aromatic N) is 4. The van der Waals surface area contributed by atoms with Crippen molar-refractivity contribution >= 4 is 29.3 Å². The summed E-state index contributed by atoms with van der Waals surface area (Å²) in [4.78, 5) is 24.0. The summed E-state index contributed by atoms with van der Waals surface area (Å²) in [6.45, 7) is 0. The van der Waals surface area contributed by atoms with Crippen LogP contribution >= 0.6 is 11.8 Å². The standard InChI is InChI=1S/C17H14FN5O3S/c1-26-16(25)13-4-2-3-5-14(13)19-15(24)10-27-17-20-21-22-23(17)12-8-6-11(18)7-9-12/h2-9H,10H2,1H3,(H,19,24). The Morgan fingerprint density at radius 3 is 2.67 bits per heavy atom. The van der Waals surface area contributed by atoms with E-state index in [4.69, 9.17) is 4.74 Å². The van der Waals surface area contributed by atoms with E-state index in [-0.39, 0.29) is 23.0 Å². The Bertz CT molecular complexity index is 961. The average molecular weight is 387 g/mol. The number of ether oxygens (including phenoxy) is 1. The van der Waals surface area contributed by atoms with E-state index in [1.165, 1.54) is 36.1 Å². The van der Waals surface area contributed by atoms with Crippen LogP contribution in [0, 0.1) is 5.82 Å². The van der Waals surface area contributed by atoms with Gasteiger partial charge in [0.05, 0.1) is 29.8 Å². The Hall–Kier alpha value is -3.27. The van der Waals surface area contributed by atoms with Crippen LogP contribution in [0.4, 0.5) is 10.1 Å². The number of tetrazole rings is 1. The summed E-state index contributed by atoms with van der Waals surface area (Å²) in [5, 5.41) is 14.3. The van der Waals surface area contributed by atoms with E-state index in [9.17, 15) is 14.0 Å². The van der Waals surface area contributed by atoms with Crippen molar-refractivity contribution in [2.45, 2.75) is 5.16 Å². The highest BCUT2D eigenvalue weighted by Gasteiger charge is 2.15. The predicted molar refractivity (Wildman–Crippen MR) is 96.2 cm³/mol. The molecule has 2 aromatic carbocycles. The predicted octanol–water partition coefficient (Wildman–Crippen LogP) is 2.32. The second-order valence-electron chi connectivity index (χ2n) is 5.22. The molecule has 0 aliphatic carbocycles. The maximum atomic E-state index is 13.1. The molecule has 1 N–H and O–H groups in total. The van der Waals surface area contributed by atoms with Crippen molar-refractivity contribution in [3.63, 3.8) is 0 Å². The Kier molecular flexibility index (Phi) is 5.77. The number of rotatable bonds is 6. The minimum Gasteiger partial charge on any atom is -0.465 e. The number of thioether (sulfide) groups is 1. The monoisotopic (exact) mass is 387 g/mol. The van der Waals surface area contributed by atoms with Gasteiger partial charge in [0.25, 0.3) is 0 Å². The minimum absolute atomic E-state index is 0.0110. The Balaban J connectivity index is 1.67. The molecule has 3 aromatic rings. The smallest absolute Gasteiger partial charge is 0.339 e. The number of esters is 1. The van der Waals surface area contributed by atoms with Crippen LogP contribution < -0.4 is 5.32 Å².